The van der Waals surface area contributed by atoms with Gasteiger partial charge in [-0.05, 0) is 53.1 Å². The van der Waals surface area contributed by atoms with Gasteiger partial charge in [0.1, 0.15) is 0 Å². The predicted octanol–water partition coefficient (Wildman–Crippen LogP) is 4.02. The first-order chi connectivity index (χ1) is 15.2. The number of imide groups is 2. The highest BCUT2D eigenvalue weighted by molar-refractivity contribution is 6.28. The zero-order chi connectivity index (χ0) is 23.0. The minimum absolute atomic E-state index is 0.154. The molecule has 4 amide bonds. The molecule has 6 nitrogen and oxygen atoms in total. The van der Waals surface area contributed by atoms with Crippen molar-refractivity contribution in [3.05, 3.63) is 84.0 Å². The lowest BCUT2D eigenvalue weighted by molar-refractivity contribution is -0.121. The number of benzene rings is 2. The van der Waals surface area contributed by atoms with Crippen LogP contribution in [0.3, 0.4) is 0 Å². The molecule has 0 aliphatic carbocycles. The van der Waals surface area contributed by atoms with Crippen LogP contribution in [0.4, 0.5) is 11.4 Å². The SMILES string of the molecule is CC(CC(C)(C)c1ccc(N2C(=O)C=CC2=O)cc1)c1ccc(N2C(=O)C=CC2=O)cc1. The highest BCUT2D eigenvalue weighted by Gasteiger charge is 2.28. The maximum Gasteiger partial charge on any atom is 0.258 e. The summed E-state index contributed by atoms with van der Waals surface area (Å²) in [6.45, 7) is 6.47. The summed E-state index contributed by atoms with van der Waals surface area (Å²) in [6.07, 6.45) is 5.97. The average Bonchev–Trinajstić information content (AvgIpc) is 3.28. The van der Waals surface area contributed by atoms with Crippen molar-refractivity contribution in [1.29, 1.82) is 0 Å². The summed E-state index contributed by atoms with van der Waals surface area (Å²) in [5, 5.41) is 0. The number of hydrogen-bond donors (Lipinski definition) is 0. The summed E-state index contributed by atoms with van der Waals surface area (Å²) in [7, 11) is 0. The number of carbonyl (C=O) groups is 4. The van der Waals surface area contributed by atoms with Crippen LogP contribution < -0.4 is 9.80 Å². The molecule has 162 valence electrons. The second kappa shape index (κ2) is 8.04. The molecular formula is C26H24N2O4. The monoisotopic (exact) mass is 428 g/mol. The van der Waals surface area contributed by atoms with E-state index in [2.05, 4.69) is 20.8 Å². The summed E-state index contributed by atoms with van der Waals surface area (Å²) < 4.78 is 0. The van der Waals surface area contributed by atoms with Crippen LogP contribution in [0.15, 0.2) is 72.8 Å². The molecule has 2 aromatic carbocycles. The summed E-state index contributed by atoms with van der Waals surface area (Å²) in [5.74, 6) is -1.07. The van der Waals surface area contributed by atoms with E-state index in [1.54, 1.807) is 24.3 Å². The molecule has 2 aliphatic heterocycles. The van der Waals surface area contributed by atoms with Crippen molar-refractivity contribution in [3.63, 3.8) is 0 Å². The van der Waals surface area contributed by atoms with Crippen molar-refractivity contribution in [2.75, 3.05) is 9.80 Å². The van der Waals surface area contributed by atoms with Gasteiger partial charge in [0.05, 0.1) is 11.4 Å². The summed E-state index contributed by atoms with van der Waals surface area (Å²) >= 11 is 0. The van der Waals surface area contributed by atoms with Crippen molar-refractivity contribution in [3.8, 4) is 0 Å². The van der Waals surface area contributed by atoms with E-state index in [9.17, 15) is 19.2 Å². The van der Waals surface area contributed by atoms with E-state index in [-0.39, 0.29) is 35.0 Å². The second-order valence-electron chi connectivity index (χ2n) is 8.82. The van der Waals surface area contributed by atoms with Crippen LogP contribution in [-0.4, -0.2) is 23.6 Å². The lowest BCUT2D eigenvalue weighted by Crippen LogP contribution is -2.29. The Morgan fingerprint density at radius 2 is 1.03 bits per heavy atom. The number of amides is 4. The molecule has 0 saturated heterocycles. The largest absolute Gasteiger partial charge is 0.269 e. The van der Waals surface area contributed by atoms with Crippen LogP contribution >= 0.6 is 0 Å². The predicted molar refractivity (Wildman–Crippen MR) is 122 cm³/mol. The Morgan fingerprint density at radius 1 is 0.656 bits per heavy atom. The summed E-state index contributed by atoms with van der Waals surface area (Å²) in [6, 6.07) is 15.0. The van der Waals surface area contributed by atoms with E-state index >= 15 is 0 Å². The molecule has 0 radical (unpaired) electrons. The molecular weight excluding hydrogens is 404 g/mol. The van der Waals surface area contributed by atoms with Gasteiger partial charge in [0.25, 0.3) is 23.6 Å². The van der Waals surface area contributed by atoms with E-state index in [1.165, 1.54) is 24.3 Å². The second-order valence-corrected chi connectivity index (χ2v) is 8.82. The van der Waals surface area contributed by atoms with Gasteiger partial charge in [0.15, 0.2) is 0 Å². The normalized spacial score (nSPS) is 17.1. The highest BCUT2D eigenvalue weighted by Crippen LogP contribution is 2.36. The third-order valence-corrected chi connectivity index (χ3v) is 6.06. The van der Waals surface area contributed by atoms with E-state index in [0.29, 0.717) is 11.4 Å². The van der Waals surface area contributed by atoms with Crippen molar-refractivity contribution < 1.29 is 19.2 Å². The van der Waals surface area contributed by atoms with Crippen LogP contribution in [0.25, 0.3) is 0 Å². The molecule has 6 heteroatoms. The molecule has 32 heavy (non-hydrogen) atoms. The van der Waals surface area contributed by atoms with Gasteiger partial charge in [-0.25, -0.2) is 9.80 Å². The Morgan fingerprint density at radius 3 is 1.44 bits per heavy atom. The first kappa shape index (κ1) is 21.4. The first-order valence-corrected chi connectivity index (χ1v) is 10.5. The molecule has 2 aromatic rings. The third-order valence-electron chi connectivity index (χ3n) is 6.06. The molecule has 0 bridgehead atoms. The lowest BCUT2D eigenvalue weighted by Gasteiger charge is -2.29. The van der Waals surface area contributed by atoms with Gasteiger partial charge in [-0.3, -0.25) is 19.2 Å². The van der Waals surface area contributed by atoms with Gasteiger partial charge < -0.3 is 0 Å². The van der Waals surface area contributed by atoms with Gasteiger partial charge in [-0.2, -0.15) is 0 Å². The third kappa shape index (κ3) is 3.91. The zero-order valence-corrected chi connectivity index (χ0v) is 18.2. The fraction of sp³-hybridized carbons (Fsp3) is 0.231. The molecule has 4 rings (SSSR count). The summed E-state index contributed by atoms with van der Waals surface area (Å²) in [4.78, 5) is 49.8. The van der Waals surface area contributed by atoms with E-state index in [1.807, 2.05) is 24.3 Å². The zero-order valence-electron chi connectivity index (χ0n) is 18.2. The molecule has 2 aliphatic rings. The van der Waals surface area contributed by atoms with Gasteiger partial charge in [0, 0.05) is 24.3 Å². The lowest BCUT2D eigenvalue weighted by atomic mass is 9.76. The minimum Gasteiger partial charge on any atom is -0.269 e. The van der Waals surface area contributed by atoms with Crippen LogP contribution in [0.5, 0.6) is 0 Å². The molecule has 0 saturated carbocycles. The highest BCUT2D eigenvalue weighted by atomic mass is 16.2. The van der Waals surface area contributed by atoms with Gasteiger partial charge in [-0.15, -0.1) is 0 Å². The van der Waals surface area contributed by atoms with E-state index < -0.39 is 0 Å². The molecule has 0 N–H and O–H groups in total. The Labute approximate surface area is 186 Å². The summed E-state index contributed by atoms with van der Waals surface area (Å²) in [5.41, 5.74) is 3.20. The van der Waals surface area contributed by atoms with Crippen molar-refractivity contribution >= 4 is 35.0 Å². The molecule has 1 unspecified atom stereocenters. The Balaban J connectivity index is 1.46. The Hall–Kier alpha value is -3.80. The molecule has 2 heterocycles. The van der Waals surface area contributed by atoms with Crippen LogP contribution in [0.1, 0.15) is 44.2 Å². The van der Waals surface area contributed by atoms with Crippen molar-refractivity contribution in [1.82, 2.24) is 0 Å². The standard InChI is InChI=1S/C26H24N2O4/c1-17(18-4-8-20(9-5-18)27-22(29)12-13-23(27)30)16-26(2,3)19-6-10-21(11-7-19)28-24(31)14-15-25(28)32/h4-15,17H,16H2,1-3H3. The minimum atomic E-state index is -0.327. The van der Waals surface area contributed by atoms with Gasteiger partial charge in [-0.1, -0.05) is 45.0 Å². The molecule has 0 spiro atoms. The smallest absolute Gasteiger partial charge is 0.258 e. The number of hydrogen-bond acceptors (Lipinski definition) is 4. The fourth-order valence-electron chi connectivity index (χ4n) is 4.32. The number of anilines is 2. The van der Waals surface area contributed by atoms with E-state index in [4.69, 9.17) is 0 Å². The molecule has 0 aromatic heterocycles. The van der Waals surface area contributed by atoms with Crippen LogP contribution in [0, 0.1) is 0 Å². The Bertz CT molecular complexity index is 1120. The quantitative estimate of drug-likeness (QED) is 0.652. The Kier molecular flexibility index (Phi) is 5.38. The molecule has 1 atom stereocenters. The maximum absolute atomic E-state index is 11.9. The number of nitrogens with zero attached hydrogens (tertiary/aromatic N) is 2. The fourth-order valence-corrected chi connectivity index (χ4v) is 4.32. The average molecular weight is 428 g/mol. The first-order valence-electron chi connectivity index (χ1n) is 10.5. The van der Waals surface area contributed by atoms with Crippen molar-refractivity contribution in [2.45, 2.75) is 38.5 Å². The number of carbonyl (C=O) groups excluding carboxylic acids is 4. The van der Waals surface area contributed by atoms with Gasteiger partial charge >= 0.3 is 0 Å². The maximum atomic E-state index is 11.9. The van der Waals surface area contributed by atoms with Crippen LogP contribution in [0.2, 0.25) is 0 Å². The van der Waals surface area contributed by atoms with E-state index in [0.717, 1.165) is 27.3 Å². The van der Waals surface area contributed by atoms with Crippen LogP contribution in [-0.2, 0) is 24.6 Å². The molecule has 0 fully saturated rings. The van der Waals surface area contributed by atoms with Gasteiger partial charge in [0.2, 0.25) is 0 Å². The topological polar surface area (TPSA) is 74.8 Å². The number of rotatable bonds is 6. The van der Waals surface area contributed by atoms with Crippen molar-refractivity contribution in [2.24, 2.45) is 0 Å².